The molecule has 0 N–H and O–H groups in total. The van der Waals surface area contributed by atoms with Crippen LogP contribution in [0.15, 0.2) is 73.3 Å². The Bertz CT molecular complexity index is 1830. The van der Waals surface area contributed by atoms with Crippen molar-refractivity contribution in [1.82, 2.24) is 30.1 Å². The predicted octanol–water partition coefficient (Wildman–Crippen LogP) is 7.82. The number of nitrogens with zero attached hydrogens (tertiary/aromatic N) is 6. The Morgan fingerprint density at radius 1 is 0.478 bits per heavy atom. The van der Waals surface area contributed by atoms with E-state index in [4.69, 9.17) is 13.6 Å². The number of allylic oxidation sites excluding steroid dienone is 6. The molecule has 6 amide bonds. The maximum atomic E-state index is 13.2. The lowest BCUT2D eigenvalue weighted by Gasteiger charge is -2.35. The number of amides is 6. The first kappa shape index (κ1) is 52.6. The SMILES string of the molecule is CC(CCC(=O)OP(OC(=O)CCC(C)SSC1C=CC=CN1N1C(=O)CCC1=O)OC(=O)CCC(C)SSC1C=CC=CN1N1C(=O)CCC1=O)SSC1C=CC=CN1N1C(=O)CCC1=O. The fourth-order valence-corrected chi connectivity index (χ4v) is 15.3. The van der Waals surface area contributed by atoms with Crippen LogP contribution >= 0.6 is 73.4 Å². The fourth-order valence-electron chi connectivity index (χ4n) is 6.65. The van der Waals surface area contributed by atoms with Crippen molar-refractivity contribution in [2.45, 2.75) is 130 Å². The lowest BCUT2D eigenvalue weighted by Crippen LogP contribution is -2.47. The second-order valence-corrected chi connectivity index (χ2v) is 25.0. The average molecular weight is 1060 g/mol. The zero-order valence-electron chi connectivity index (χ0n) is 36.9. The van der Waals surface area contributed by atoms with Gasteiger partial charge in [-0.15, -0.1) is 0 Å². The van der Waals surface area contributed by atoms with Crippen molar-refractivity contribution >= 4 is 127 Å². The molecule has 6 aliphatic heterocycles. The maximum absolute atomic E-state index is 13.2. The molecule has 67 heavy (non-hydrogen) atoms. The van der Waals surface area contributed by atoms with Crippen molar-refractivity contribution in [2.75, 3.05) is 0 Å². The van der Waals surface area contributed by atoms with Gasteiger partial charge in [-0.3, -0.25) is 58.2 Å². The van der Waals surface area contributed by atoms with Gasteiger partial charge < -0.3 is 13.6 Å². The normalized spacial score (nSPS) is 23.2. The molecule has 0 radical (unpaired) electrons. The summed E-state index contributed by atoms with van der Waals surface area (Å²) in [5.74, 6) is -3.80. The maximum Gasteiger partial charge on any atom is 0.537 e. The molecule has 6 heterocycles. The van der Waals surface area contributed by atoms with E-state index in [-0.39, 0.29) is 125 Å². The standard InChI is InChI=1S/C42H51N6O12PS6/c1-28(62-65-37-10-4-7-25-43(37)46-31(49)16-17-32(46)50)13-22-40(55)58-61(59-41(56)23-14-29(2)63-66-38-11-5-8-26-44(38)47-33(51)18-19-34(47)52)60-42(57)24-15-30(3)64-67-39-12-6-9-27-45(39)48-35(53)20-21-36(48)54/h4-12,25-30,37-39H,13-24H2,1-3H3. The quantitative estimate of drug-likeness (QED) is 0.0514. The van der Waals surface area contributed by atoms with E-state index in [2.05, 4.69) is 0 Å². The summed E-state index contributed by atoms with van der Waals surface area (Å²) in [5.41, 5.74) is 0. The van der Waals surface area contributed by atoms with Crippen LogP contribution < -0.4 is 0 Å². The monoisotopic (exact) mass is 1050 g/mol. The van der Waals surface area contributed by atoms with Crippen LogP contribution in [0.4, 0.5) is 0 Å². The van der Waals surface area contributed by atoms with E-state index in [1.54, 1.807) is 51.9 Å². The minimum absolute atomic E-state index is 0.0848. The summed E-state index contributed by atoms with van der Waals surface area (Å²) >= 11 is 0. The van der Waals surface area contributed by atoms with Gasteiger partial charge in [0.1, 0.15) is 16.1 Å². The first-order chi connectivity index (χ1) is 32.2. The molecule has 0 aliphatic carbocycles. The van der Waals surface area contributed by atoms with Crippen molar-refractivity contribution in [2.24, 2.45) is 0 Å². The summed E-state index contributed by atoms with van der Waals surface area (Å²) in [6.07, 6.45) is 23.1. The van der Waals surface area contributed by atoms with Crippen LogP contribution in [0.2, 0.25) is 0 Å². The molecule has 3 saturated heterocycles. The van der Waals surface area contributed by atoms with E-state index in [0.717, 1.165) is 15.0 Å². The number of carbonyl (C=O) groups excluding carboxylic acids is 9. The molecule has 0 aromatic rings. The van der Waals surface area contributed by atoms with Gasteiger partial charge in [-0.25, -0.2) is 0 Å². The Hall–Kier alpha value is -3.80. The molecule has 0 bridgehead atoms. The molecule has 6 rings (SSSR count). The average Bonchev–Trinajstić information content (AvgIpc) is 3.96. The van der Waals surface area contributed by atoms with Crippen LogP contribution in [0.5, 0.6) is 0 Å². The van der Waals surface area contributed by atoms with Gasteiger partial charge in [-0.2, -0.15) is 15.0 Å². The van der Waals surface area contributed by atoms with E-state index >= 15 is 0 Å². The zero-order chi connectivity index (χ0) is 48.0. The van der Waals surface area contributed by atoms with E-state index in [0.29, 0.717) is 19.3 Å². The number of rotatable bonds is 24. The Balaban J connectivity index is 0.980. The number of imide groups is 3. The third kappa shape index (κ3) is 15.1. The van der Waals surface area contributed by atoms with Crippen LogP contribution in [0.1, 0.15) is 97.8 Å². The first-order valence-corrected chi connectivity index (χ1v) is 29.5. The largest absolute Gasteiger partial charge is 0.537 e. The third-order valence-electron chi connectivity index (χ3n) is 10.2. The molecule has 18 nitrogen and oxygen atoms in total. The first-order valence-electron chi connectivity index (χ1n) is 21.5. The Morgan fingerprint density at radius 3 is 0.985 bits per heavy atom. The summed E-state index contributed by atoms with van der Waals surface area (Å²) in [4.78, 5) is 114. The van der Waals surface area contributed by atoms with Crippen LogP contribution in [0, 0.1) is 0 Å². The van der Waals surface area contributed by atoms with Gasteiger partial charge in [0.05, 0.1) is 0 Å². The zero-order valence-corrected chi connectivity index (χ0v) is 42.6. The molecule has 0 aromatic carbocycles. The number of hydrogen-bond donors (Lipinski definition) is 0. The van der Waals surface area contributed by atoms with E-state index in [1.807, 2.05) is 57.2 Å². The van der Waals surface area contributed by atoms with Crippen LogP contribution in [-0.2, 0) is 56.7 Å². The third-order valence-corrected chi connectivity index (χ3v) is 20.7. The van der Waals surface area contributed by atoms with E-state index in [9.17, 15) is 43.2 Å². The smallest absolute Gasteiger partial charge is 0.375 e. The van der Waals surface area contributed by atoms with Gasteiger partial charge in [0.25, 0.3) is 0 Å². The van der Waals surface area contributed by atoms with Gasteiger partial charge in [-0.1, -0.05) is 104 Å². The van der Waals surface area contributed by atoms with Crippen LogP contribution in [-0.4, -0.2) is 115 Å². The topological polar surface area (TPSA) is 201 Å². The fraction of sp³-hybridized carbons (Fsp3) is 0.500. The summed E-state index contributed by atoms with van der Waals surface area (Å²) in [5, 5.41) is 6.98. The second kappa shape index (κ2) is 25.7. The van der Waals surface area contributed by atoms with Crippen LogP contribution in [0.25, 0.3) is 0 Å². The van der Waals surface area contributed by atoms with Crippen molar-refractivity contribution in [3.63, 3.8) is 0 Å². The molecular weight excluding hydrogens is 1000 g/mol. The van der Waals surface area contributed by atoms with Gasteiger partial charge >= 0.3 is 26.5 Å². The highest BCUT2D eigenvalue weighted by Crippen LogP contribution is 2.44. The minimum atomic E-state index is -2.75. The summed E-state index contributed by atoms with van der Waals surface area (Å²) in [6, 6.07) is 0. The molecule has 6 unspecified atom stereocenters. The van der Waals surface area contributed by atoms with Crippen molar-refractivity contribution in [1.29, 1.82) is 0 Å². The Morgan fingerprint density at radius 2 is 0.731 bits per heavy atom. The summed E-state index contributed by atoms with van der Waals surface area (Å²) in [7, 11) is 5.92. The van der Waals surface area contributed by atoms with Gasteiger partial charge in [0.15, 0.2) is 0 Å². The molecular formula is C42H51N6O12PS6. The van der Waals surface area contributed by atoms with E-state index in [1.165, 1.54) is 64.8 Å². The molecule has 3 fully saturated rings. The lowest BCUT2D eigenvalue weighted by molar-refractivity contribution is -0.154. The number of hydrazine groups is 3. The second-order valence-electron chi connectivity index (χ2n) is 15.5. The van der Waals surface area contributed by atoms with Crippen molar-refractivity contribution in [3.05, 3.63) is 73.3 Å². The highest BCUT2D eigenvalue weighted by Gasteiger charge is 2.39. The predicted molar refractivity (Wildman–Crippen MR) is 262 cm³/mol. The van der Waals surface area contributed by atoms with Gasteiger partial charge in [0.2, 0.25) is 35.4 Å². The van der Waals surface area contributed by atoms with Crippen molar-refractivity contribution in [3.8, 4) is 0 Å². The molecule has 6 aliphatic rings. The van der Waals surface area contributed by atoms with Crippen LogP contribution in [0.3, 0.4) is 0 Å². The molecule has 0 spiro atoms. The van der Waals surface area contributed by atoms with Gasteiger partial charge in [0, 0.05) is 92.1 Å². The molecule has 6 atom stereocenters. The molecule has 362 valence electrons. The van der Waals surface area contributed by atoms with E-state index < -0.39 is 26.5 Å². The highest BCUT2D eigenvalue weighted by atomic mass is 33.1. The minimum Gasteiger partial charge on any atom is -0.375 e. The molecule has 0 aromatic heterocycles. The molecule has 25 heteroatoms. The molecule has 0 saturated carbocycles. The summed E-state index contributed by atoms with van der Waals surface area (Å²) < 4.78 is 16.5. The number of carbonyl (C=O) groups is 9. The highest BCUT2D eigenvalue weighted by molar-refractivity contribution is 8.77. The lowest BCUT2D eigenvalue weighted by atomic mass is 10.2. The van der Waals surface area contributed by atoms with Gasteiger partial charge in [-0.05, 0) is 55.7 Å². The Kier molecular flexibility index (Phi) is 20.2. The Labute approximate surface area is 413 Å². The number of hydrogen-bond acceptors (Lipinski definition) is 21. The van der Waals surface area contributed by atoms with Crippen molar-refractivity contribution < 1.29 is 56.7 Å². The summed E-state index contributed by atoms with van der Waals surface area (Å²) in [6.45, 7) is 5.74.